The minimum absolute atomic E-state index is 0.0999. The van der Waals surface area contributed by atoms with Crippen molar-refractivity contribution in [3.05, 3.63) is 48.5 Å². The summed E-state index contributed by atoms with van der Waals surface area (Å²) in [5.41, 5.74) is 0.965. The van der Waals surface area contributed by atoms with Gasteiger partial charge in [-0.3, -0.25) is 9.52 Å². The molecule has 7 nitrogen and oxygen atoms in total. The first-order valence-electron chi connectivity index (χ1n) is 8.34. The molecule has 0 bridgehead atoms. The number of aryl methyl sites for hydroxylation is 1. The average molecular weight is 364 g/mol. The smallest absolute Gasteiger partial charge is 0.251 e. The maximum Gasteiger partial charge on any atom is 0.251 e. The van der Waals surface area contributed by atoms with Gasteiger partial charge in [-0.25, -0.2) is 13.4 Å². The number of rotatable bonds is 10. The maximum atomic E-state index is 12.1. The number of carbonyl (C=O) groups excluding carboxylic acids is 1. The van der Waals surface area contributed by atoms with Crippen molar-refractivity contribution in [2.75, 3.05) is 17.0 Å². The zero-order valence-electron chi connectivity index (χ0n) is 14.3. The minimum atomic E-state index is -3.33. The molecule has 0 saturated carbocycles. The Morgan fingerprint density at radius 2 is 1.96 bits per heavy atom. The second-order valence-corrected chi connectivity index (χ2v) is 7.60. The van der Waals surface area contributed by atoms with Gasteiger partial charge in [0.15, 0.2) is 0 Å². The molecule has 2 aromatic rings. The lowest BCUT2D eigenvalue weighted by Crippen LogP contribution is -2.25. The summed E-state index contributed by atoms with van der Waals surface area (Å²) < 4.78 is 28.2. The topological polar surface area (TPSA) is 93.1 Å². The Morgan fingerprint density at radius 3 is 2.60 bits per heavy atom. The molecular formula is C17H24N4O3S. The van der Waals surface area contributed by atoms with Crippen molar-refractivity contribution < 1.29 is 13.2 Å². The molecule has 136 valence electrons. The fourth-order valence-corrected chi connectivity index (χ4v) is 3.51. The van der Waals surface area contributed by atoms with Crippen LogP contribution in [0.1, 0.15) is 36.5 Å². The van der Waals surface area contributed by atoms with Crippen molar-refractivity contribution in [1.82, 2.24) is 14.9 Å². The van der Waals surface area contributed by atoms with Crippen LogP contribution in [-0.2, 0) is 16.6 Å². The quantitative estimate of drug-likeness (QED) is 0.632. The molecule has 0 spiro atoms. The summed E-state index contributed by atoms with van der Waals surface area (Å²) in [6, 6.07) is 6.43. The number of benzene rings is 1. The van der Waals surface area contributed by atoms with E-state index in [1.165, 1.54) is 0 Å². The van der Waals surface area contributed by atoms with Gasteiger partial charge in [-0.05, 0) is 37.1 Å². The molecule has 25 heavy (non-hydrogen) atoms. The normalized spacial score (nSPS) is 11.2. The number of unbranched alkanes of at least 4 members (excludes halogenated alkanes) is 1. The highest BCUT2D eigenvalue weighted by atomic mass is 32.2. The zero-order chi connectivity index (χ0) is 18.1. The Bertz CT molecular complexity index is 756. The van der Waals surface area contributed by atoms with Gasteiger partial charge in [-0.2, -0.15) is 0 Å². The van der Waals surface area contributed by atoms with E-state index >= 15 is 0 Å². The van der Waals surface area contributed by atoms with Crippen molar-refractivity contribution in [2.45, 2.75) is 32.7 Å². The highest BCUT2D eigenvalue weighted by Gasteiger charge is 2.10. The molecule has 0 aliphatic rings. The second-order valence-electron chi connectivity index (χ2n) is 5.76. The van der Waals surface area contributed by atoms with E-state index in [-0.39, 0.29) is 11.7 Å². The SMILES string of the molecule is CCCCS(=O)(=O)Nc1ccc(C(=O)NCCCn2ccnc2)cc1. The summed E-state index contributed by atoms with van der Waals surface area (Å²) in [7, 11) is -3.33. The molecular weight excluding hydrogens is 340 g/mol. The first-order valence-corrected chi connectivity index (χ1v) is 10.00. The van der Waals surface area contributed by atoms with Gasteiger partial charge in [-0.15, -0.1) is 0 Å². The Morgan fingerprint density at radius 1 is 1.20 bits per heavy atom. The monoisotopic (exact) mass is 364 g/mol. The van der Waals surface area contributed by atoms with E-state index in [0.29, 0.717) is 24.2 Å². The fraction of sp³-hybridized carbons (Fsp3) is 0.412. The van der Waals surface area contributed by atoms with E-state index in [1.807, 2.05) is 17.7 Å². The highest BCUT2D eigenvalue weighted by Crippen LogP contribution is 2.12. The average Bonchev–Trinajstić information content (AvgIpc) is 3.10. The third-order valence-corrected chi connectivity index (χ3v) is 5.00. The van der Waals surface area contributed by atoms with E-state index < -0.39 is 10.0 Å². The van der Waals surface area contributed by atoms with Crippen molar-refractivity contribution >= 4 is 21.6 Å². The van der Waals surface area contributed by atoms with Gasteiger partial charge in [-0.1, -0.05) is 13.3 Å². The second kappa shape index (κ2) is 9.22. The lowest BCUT2D eigenvalue weighted by Gasteiger charge is -2.09. The van der Waals surface area contributed by atoms with Crippen LogP contribution in [0.4, 0.5) is 5.69 Å². The van der Waals surface area contributed by atoms with Crippen LogP contribution in [0, 0.1) is 0 Å². The van der Waals surface area contributed by atoms with E-state index in [0.717, 1.165) is 19.4 Å². The molecule has 0 fully saturated rings. The molecule has 8 heteroatoms. The number of hydrogen-bond donors (Lipinski definition) is 2. The van der Waals surface area contributed by atoms with Gasteiger partial charge in [0.2, 0.25) is 10.0 Å². The number of sulfonamides is 1. The van der Waals surface area contributed by atoms with Gasteiger partial charge < -0.3 is 9.88 Å². The van der Waals surface area contributed by atoms with E-state index in [1.54, 1.807) is 36.8 Å². The minimum Gasteiger partial charge on any atom is -0.352 e. The zero-order valence-corrected chi connectivity index (χ0v) is 15.1. The number of carbonyl (C=O) groups is 1. The molecule has 0 saturated heterocycles. The summed E-state index contributed by atoms with van der Waals surface area (Å²) in [5, 5.41) is 2.85. The summed E-state index contributed by atoms with van der Waals surface area (Å²) >= 11 is 0. The molecule has 1 aromatic carbocycles. The van der Waals surface area contributed by atoms with Crippen molar-refractivity contribution in [2.24, 2.45) is 0 Å². The number of aromatic nitrogens is 2. The van der Waals surface area contributed by atoms with Crippen LogP contribution < -0.4 is 10.0 Å². The summed E-state index contributed by atoms with van der Waals surface area (Å²) in [6.07, 6.45) is 7.58. The van der Waals surface area contributed by atoms with Crippen LogP contribution in [0.2, 0.25) is 0 Å². The third-order valence-electron chi connectivity index (χ3n) is 3.62. The molecule has 0 unspecified atom stereocenters. The molecule has 0 aliphatic carbocycles. The van der Waals surface area contributed by atoms with E-state index in [2.05, 4.69) is 15.0 Å². The Hall–Kier alpha value is -2.35. The van der Waals surface area contributed by atoms with Gasteiger partial charge in [0.05, 0.1) is 12.1 Å². The third kappa shape index (κ3) is 6.58. The molecule has 2 rings (SSSR count). The number of amides is 1. The van der Waals surface area contributed by atoms with Crippen LogP contribution in [0.15, 0.2) is 43.0 Å². The van der Waals surface area contributed by atoms with Crippen LogP contribution >= 0.6 is 0 Å². The Balaban J connectivity index is 1.79. The molecule has 1 aromatic heterocycles. The van der Waals surface area contributed by atoms with Crippen molar-refractivity contribution in [3.63, 3.8) is 0 Å². The molecule has 0 radical (unpaired) electrons. The number of hydrogen-bond acceptors (Lipinski definition) is 4. The van der Waals surface area contributed by atoms with Crippen LogP contribution in [0.25, 0.3) is 0 Å². The first-order chi connectivity index (χ1) is 12.0. The number of nitrogens with one attached hydrogen (secondary N) is 2. The van der Waals surface area contributed by atoms with E-state index in [9.17, 15) is 13.2 Å². The first kappa shape index (κ1) is 19.0. The maximum absolute atomic E-state index is 12.1. The van der Waals surface area contributed by atoms with Crippen LogP contribution in [0.5, 0.6) is 0 Å². The highest BCUT2D eigenvalue weighted by molar-refractivity contribution is 7.92. The summed E-state index contributed by atoms with van der Waals surface area (Å²) in [4.78, 5) is 16.0. The molecule has 1 heterocycles. The lowest BCUT2D eigenvalue weighted by atomic mass is 10.2. The Kier molecular flexibility index (Phi) is 7.00. The van der Waals surface area contributed by atoms with Gasteiger partial charge in [0, 0.05) is 36.7 Å². The van der Waals surface area contributed by atoms with Crippen molar-refractivity contribution in [1.29, 1.82) is 0 Å². The standard InChI is InChI=1S/C17H24N4O3S/c1-2-3-13-25(23,24)20-16-7-5-15(6-8-16)17(22)19-9-4-11-21-12-10-18-14-21/h5-8,10,12,14,20H,2-4,9,11,13H2,1H3,(H,19,22). The predicted molar refractivity (Wildman–Crippen MR) is 97.9 cm³/mol. The summed E-state index contributed by atoms with van der Waals surface area (Å²) in [6.45, 7) is 3.29. The van der Waals surface area contributed by atoms with Gasteiger partial charge in [0.25, 0.3) is 5.91 Å². The lowest BCUT2D eigenvalue weighted by molar-refractivity contribution is 0.0952. The fourth-order valence-electron chi connectivity index (χ4n) is 2.24. The van der Waals surface area contributed by atoms with Crippen LogP contribution in [0.3, 0.4) is 0 Å². The summed E-state index contributed by atoms with van der Waals surface area (Å²) in [5.74, 6) is -0.0751. The largest absolute Gasteiger partial charge is 0.352 e. The van der Waals surface area contributed by atoms with Gasteiger partial charge in [0.1, 0.15) is 0 Å². The molecule has 0 atom stereocenters. The van der Waals surface area contributed by atoms with Crippen molar-refractivity contribution in [3.8, 4) is 0 Å². The molecule has 1 amide bonds. The number of imidazole rings is 1. The Labute approximate surface area is 148 Å². The molecule has 2 N–H and O–H groups in total. The predicted octanol–water partition coefficient (Wildman–Crippen LogP) is 2.25. The number of anilines is 1. The van der Waals surface area contributed by atoms with E-state index in [4.69, 9.17) is 0 Å². The van der Waals surface area contributed by atoms with Gasteiger partial charge >= 0.3 is 0 Å². The van der Waals surface area contributed by atoms with Crippen LogP contribution in [-0.4, -0.2) is 36.2 Å². The number of nitrogens with zero attached hydrogens (tertiary/aromatic N) is 2. The molecule has 0 aliphatic heterocycles.